The maximum Gasteiger partial charge on any atom is 0.339 e. The van der Waals surface area contributed by atoms with E-state index < -0.39 is 77.0 Å². The summed E-state index contributed by atoms with van der Waals surface area (Å²) in [7, 11) is 5.42. The molecule has 0 spiro atoms. The molecule has 6 aliphatic rings. The van der Waals surface area contributed by atoms with E-state index in [0.29, 0.717) is 167 Å². The molecule has 21 nitrogen and oxygen atoms in total. The summed E-state index contributed by atoms with van der Waals surface area (Å²) >= 11 is 5.39. The summed E-state index contributed by atoms with van der Waals surface area (Å²) in [6.45, 7) is 8.72. The van der Waals surface area contributed by atoms with Crippen molar-refractivity contribution in [2.24, 2.45) is 47.3 Å². The molecule has 4 N–H and O–H groups in total. The minimum atomic E-state index is -3.28. The first-order valence-electron chi connectivity index (χ1n) is 42.6. The van der Waals surface area contributed by atoms with Crippen molar-refractivity contribution in [2.45, 2.75) is 364 Å². The largest absolute Gasteiger partial charge is 0.469 e. The Bertz CT molecular complexity index is 3220. The van der Waals surface area contributed by atoms with E-state index in [9.17, 15) is 98.4 Å². The van der Waals surface area contributed by atoms with Crippen LogP contribution in [0, 0.1) is 47.3 Å². The minimum Gasteiger partial charge on any atom is -0.469 e. The summed E-state index contributed by atoms with van der Waals surface area (Å²) in [4.78, 5) is 115. The zero-order chi connectivity index (χ0) is 89.4. The smallest absolute Gasteiger partial charge is 0.339 e. The number of thiol groups is 1. The highest BCUT2D eigenvalue weighted by molar-refractivity contribution is 8.01. The lowest BCUT2D eigenvalue weighted by atomic mass is 9.84. The number of hydrogen-bond donors (Lipinski definition) is 5. The zero-order valence-corrected chi connectivity index (χ0v) is 73.0. The number of allylic oxidation sites excluding steroid dienone is 10. The standard InChI is InChI=1S/C23H38F2O6.2C21H32F2O4S.C21H30F2O4.C2H4O3.3CH4/c1-3-4-12-22(24,25)23(30-14-15-31-23)13-11-18-17(19(26)16-20(18)27)9-7-5-6-8-10-21(28)29-2;1-3-4-12-20(22,23)21(26)13-11-16-15(17(24)14-18(16)28-21)9-7-5-6-8-10-19(25)27-2;1-3-4-13-21(22,23)19(25)12-11-16-15(17(24)14-18(16)28)9-7-5-6-8-10-20(26)27-2;1-3-4-15-21(22,23)19(25)14-12-16-11-13-18(24)17(16)9-7-5-6-8-10-20(26)27-2;1-2(3)5-4;;;/h5,7,17-20,26-27H,3-4,6,8-16H2,1-2H3;5,7,15-16,18,26H,3-4,6,8-14H2,1-2H3;5,7,15-16,18,28H,3-4,6,8-14H2,1-2H3;5,7,11,13,16-17H,3-4,6,8-10,12,14-15H2,1-2H3;4H,1H3;3*1H4/b4*7-5-;;;;/t17?,18-,19?,20-;15?,16-,18-,21?;15?,16-,18-;16-,17?;;;;/m1111..../s1. The van der Waals surface area contributed by atoms with Crippen LogP contribution in [0.3, 0.4) is 0 Å². The SMILES string of the molecule is C.C.C.CC(=O)OO.CCCCC(F)(F)C(=O)CC[C@@H]1C(C/C=C\CCCC(=O)OC)C(=O)C[C@H]1S.CCCCC(F)(F)C(=O)CC[C@H]1C=CC(=O)C1C/C=C\CCCC(=O)OC.CCCCC(F)(F)C1(CC[C@@H]2C(C/C=C\CCCC(=O)OC)C(O)C[C@H]2O)OCCO1.CCCCC(F)(F)C1(O)CC[C@@H]2C(C/C=C\CCCC(=O)OC)C(=O)C[C@H]2S1. The van der Waals surface area contributed by atoms with Crippen LogP contribution in [0.5, 0.6) is 0 Å². The Kier molecular flexibility index (Phi) is 60.6. The molecule has 6 unspecified atom stereocenters. The molecule has 4 aliphatic carbocycles. The number of esters is 4. The van der Waals surface area contributed by atoms with Crippen molar-refractivity contribution in [3.63, 3.8) is 0 Å². The van der Waals surface area contributed by atoms with Crippen LogP contribution in [-0.2, 0) is 81.3 Å². The fourth-order valence-corrected chi connectivity index (χ4v) is 17.8. The Hall–Kier alpha value is -5.70. The Morgan fingerprint density at radius 3 is 1.35 bits per heavy atom. The van der Waals surface area contributed by atoms with E-state index in [2.05, 4.69) is 36.5 Å². The molecule has 3 saturated carbocycles. The van der Waals surface area contributed by atoms with Gasteiger partial charge in [-0.2, -0.15) is 35.4 Å². The second kappa shape index (κ2) is 62.5. The summed E-state index contributed by atoms with van der Waals surface area (Å²) in [6, 6.07) is 0. The Morgan fingerprint density at radius 2 is 0.918 bits per heavy atom. The number of carbonyl (C=O) groups is 10. The fourth-order valence-electron chi connectivity index (χ4n) is 15.5. The fraction of sp³-hybridized carbons (Fsp3) is 0.780. The van der Waals surface area contributed by atoms with Crippen LogP contribution >= 0.6 is 24.4 Å². The second-order valence-electron chi connectivity index (χ2n) is 31.6. The van der Waals surface area contributed by atoms with Gasteiger partial charge >= 0.3 is 47.6 Å². The highest BCUT2D eigenvalue weighted by Crippen LogP contribution is 2.57. The van der Waals surface area contributed by atoms with Gasteiger partial charge in [0.25, 0.3) is 5.92 Å². The van der Waals surface area contributed by atoms with Gasteiger partial charge in [-0.1, -0.05) is 130 Å². The van der Waals surface area contributed by atoms with E-state index in [4.69, 9.17) is 14.7 Å². The highest BCUT2D eigenvalue weighted by Gasteiger charge is 2.60. The maximum atomic E-state index is 14.9. The molecule has 0 aromatic carbocycles. The van der Waals surface area contributed by atoms with E-state index in [1.807, 2.05) is 76.3 Å². The lowest BCUT2D eigenvalue weighted by Gasteiger charge is -2.43. The van der Waals surface area contributed by atoms with Gasteiger partial charge in [-0.25, -0.2) is 22.4 Å². The zero-order valence-electron chi connectivity index (χ0n) is 71.3. The third-order valence-corrected chi connectivity index (χ3v) is 25.1. The first kappa shape index (κ1) is 118. The summed E-state index contributed by atoms with van der Waals surface area (Å²) in [5, 5.41) is 38.4. The van der Waals surface area contributed by atoms with Crippen LogP contribution in [0.2, 0.25) is 0 Å². The molecule has 2 aliphatic heterocycles. The van der Waals surface area contributed by atoms with Gasteiger partial charge in [0.15, 0.2) is 10.7 Å². The normalized spacial score (nSPS) is 24.1. The number of methoxy groups -OCH3 is 4. The molecule has 13 atom stereocenters. The summed E-state index contributed by atoms with van der Waals surface area (Å²) in [5.74, 6) is -19.8. The second-order valence-corrected chi connectivity index (χ2v) is 33.8. The molecular weight excluding hydrogens is 1650 g/mol. The Labute approximate surface area is 730 Å². The van der Waals surface area contributed by atoms with Gasteiger partial charge in [-0.05, 0) is 177 Å². The molecular formula is C91H148F8O21S2. The number of halogens is 8. The third kappa shape index (κ3) is 41.8. The number of rotatable bonds is 49. The average molecular weight is 1790 g/mol. The molecule has 122 heavy (non-hydrogen) atoms. The van der Waals surface area contributed by atoms with Crippen LogP contribution < -0.4 is 0 Å². The predicted octanol–water partition coefficient (Wildman–Crippen LogP) is 20.6. The molecule has 2 saturated heterocycles. The average Bonchev–Trinajstić information content (AvgIpc) is 1.57. The minimum absolute atomic E-state index is 0. The van der Waals surface area contributed by atoms with Crippen LogP contribution in [-0.4, -0.2) is 178 Å². The van der Waals surface area contributed by atoms with Gasteiger partial charge in [0, 0.05) is 119 Å². The van der Waals surface area contributed by atoms with E-state index in [0.717, 1.165) is 25.1 Å². The maximum absolute atomic E-state index is 14.9. The van der Waals surface area contributed by atoms with Crippen LogP contribution in [0.4, 0.5) is 35.1 Å². The molecule has 31 heteroatoms. The quantitative estimate of drug-likeness (QED) is 0.00552. The lowest BCUT2D eigenvalue weighted by molar-refractivity contribution is -0.297. The van der Waals surface area contributed by atoms with E-state index in [-0.39, 0.29) is 199 Å². The van der Waals surface area contributed by atoms with E-state index >= 15 is 0 Å². The number of alkyl halides is 8. The number of ketones is 5. The van der Waals surface area contributed by atoms with Gasteiger partial charge in [-0.3, -0.25) is 43.2 Å². The molecule has 706 valence electrons. The van der Waals surface area contributed by atoms with Gasteiger partial charge in [-0.15, -0.1) is 11.8 Å². The number of aliphatic hydroxyl groups is 3. The molecule has 6 rings (SSSR count). The van der Waals surface area contributed by atoms with Crippen molar-refractivity contribution in [1.82, 2.24) is 0 Å². The number of aliphatic hydroxyl groups excluding tert-OH is 2. The number of fused-ring (bicyclic) bond motifs is 1. The number of ether oxygens (including phenoxy) is 6. The van der Waals surface area contributed by atoms with Crippen molar-refractivity contribution in [3.05, 3.63) is 60.8 Å². The molecule has 0 radical (unpaired) electrons. The predicted molar refractivity (Wildman–Crippen MR) is 460 cm³/mol. The molecule has 0 aromatic heterocycles. The molecule has 5 fully saturated rings. The van der Waals surface area contributed by atoms with Gasteiger partial charge in [0.1, 0.15) is 11.6 Å². The van der Waals surface area contributed by atoms with Gasteiger partial charge < -0.3 is 48.6 Å². The van der Waals surface area contributed by atoms with Crippen LogP contribution in [0.25, 0.3) is 0 Å². The number of Topliss-reactive ketones (excluding diaryl/α,β-unsaturated/α-hetero) is 4. The first-order chi connectivity index (χ1) is 56.3. The number of hydrogen-bond acceptors (Lipinski definition) is 23. The van der Waals surface area contributed by atoms with Crippen molar-refractivity contribution < 1.29 is 137 Å². The van der Waals surface area contributed by atoms with Gasteiger partial charge in [0.05, 0.1) is 53.9 Å². The van der Waals surface area contributed by atoms with Crippen molar-refractivity contribution >= 4 is 83.2 Å². The lowest BCUT2D eigenvalue weighted by Crippen LogP contribution is -2.50. The third-order valence-electron chi connectivity index (χ3n) is 22.8. The molecule has 0 bridgehead atoms. The topological polar surface area (TPSA) is 316 Å². The molecule has 0 aromatic rings. The molecule has 0 amide bonds. The van der Waals surface area contributed by atoms with E-state index in [1.54, 1.807) is 6.08 Å². The highest BCUT2D eigenvalue weighted by atomic mass is 32.2. The van der Waals surface area contributed by atoms with Crippen LogP contribution in [0.1, 0.15) is 307 Å². The van der Waals surface area contributed by atoms with Crippen molar-refractivity contribution in [3.8, 4) is 0 Å². The van der Waals surface area contributed by atoms with Crippen LogP contribution in [0.15, 0.2) is 60.8 Å². The summed E-state index contributed by atoms with van der Waals surface area (Å²) in [6.07, 6.45) is 30.6. The van der Waals surface area contributed by atoms with E-state index in [1.165, 1.54) is 34.5 Å². The van der Waals surface area contributed by atoms with Crippen molar-refractivity contribution in [2.75, 3.05) is 41.7 Å². The number of unbranched alkanes of at least 4 members (excludes halogenated alkanes) is 8. The summed E-state index contributed by atoms with van der Waals surface area (Å²) < 4.78 is 143. The van der Waals surface area contributed by atoms with Gasteiger partial charge in [0.2, 0.25) is 17.4 Å². The summed E-state index contributed by atoms with van der Waals surface area (Å²) in [5.41, 5.74) is 0. The Balaban J connectivity index is 0. The molecule has 2 heterocycles. The Morgan fingerprint density at radius 1 is 0.525 bits per heavy atom. The number of carbonyl (C=O) groups excluding carboxylic acids is 10. The first-order valence-corrected chi connectivity index (χ1v) is 44.0. The monoisotopic (exact) mass is 1790 g/mol. The number of thioether (sulfide) groups is 1. The van der Waals surface area contributed by atoms with Crippen molar-refractivity contribution in [1.29, 1.82) is 0 Å².